The molecule has 7 nitrogen and oxygen atoms in total. The second kappa shape index (κ2) is 7.61. The van der Waals surface area contributed by atoms with Crippen molar-refractivity contribution in [2.24, 2.45) is 5.14 Å². The van der Waals surface area contributed by atoms with E-state index in [1.54, 1.807) is 0 Å². The Hall–Kier alpha value is -0.930. The zero-order valence-corrected chi connectivity index (χ0v) is 13.1. The normalized spacial score (nSPS) is 10.4. The Balaban J connectivity index is 0.00000324. The molecule has 4 N–H and O–H groups in total. The third kappa shape index (κ3) is 6.69. The van der Waals surface area contributed by atoms with Crippen LogP contribution in [0, 0.1) is 0 Å². The molecular formula is C10H12N2NaO5S+. The predicted octanol–water partition coefficient (Wildman–Crippen LogP) is -2.86. The summed E-state index contributed by atoms with van der Waals surface area (Å²) >= 11 is 0. The quantitative estimate of drug-likeness (QED) is 0.504. The van der Waals surface area contributed by atoms with Crippen molar-refractivity contribution < 1.29 is 52.7 Å². The molecule has 1 amide bonds. The third-order valence-electron chi connectivity index (χ3n) is 2.03. The zero-order chi connectivity index (χ0) is 13.8. The standard InChI is InChI=1S/C10H12N2O5S.Na/c11-18(16,17)8-3-1-7(2-4-8)12-9(13)5-6-10(14)15;/h1-4H,5-6H2,(H,12,13)(H,14,15)(H2,11,16,17);/q;+1. The Labute approximate surface area is 132 Å². The number of aliphatic carboxylic acids is 1. The fourth-order valence-electron chi connectivity index (χ4n) is 1.17. The summed E-state index contributed by atoms with van der Waals surface area (Å²) in [5.74, 6) is -1.52. The van der Waals surface area contributed by atoms with Crippen molar-refractivity contribution in [3.63, 3.8) is 0 Å². The molecule has 9 heteroatoms. The number of carbonyl (C=O) groups is 2. The molecule has 0 radical (unpaired) electrons. The SMILES string of the molecule is NS(=O)(=O)c1ccc(NC(=O)CCC(=O)O)cc1.[Na+]. The number of sulfonamides is 1. The second-order valence-corrected chi connectivity index (χ2v) is 5.07. The van der Waals surface area contributed by atoms with E-state index in [9.17, 15) is 18.0 Å². The van der Waals surface area contributed by atoms with E-state index in [1.165, 1.54) is 24.3 Å². The first kappa shape index (κ1) is 18.1. The van der Waals surface area contributed by atoms with Crippen molar-refractivity contribution in [2.45, 2.75) is 17.7 Å². The molecule has 0 spiro atoms. The van der Waals surface area contributed by atoms with Crippen molar-refractivity contribution in [2.75, 3.05) is 5.32 Å². The summed E-state index contributed by atoms with van der Waals surface area (Å²) in [6, 6.07) is 5.25. The number of amides is 1. The Morgan fingerprint density at radius 3 is 2.11 bits per heavy atom. The van der Waals surface area contributed by atoms with Gasteiger partial charge in [0.2, 0.25) is 15.9 Å². The molecule has 0 atom stereocenters. The summed E-state index contributed by atoms with van der Waals surface area (Å²) in [7, 11) is -3.76. The van der Waals surface area contributed by atoms with Crippen LogP contribution in [0.15, 0.2) is 29.2 Å². The second-order valence-electron chi connectivity index (χ2n) is 3.51. The Bertz CT molecular complexity index is 556. The number of anilines is 1. The molecule has 0 unspecified atom stereocenters. The first-order valence-corrected chi connectivity index (χ1v) is 6.48. The van der Waals surface area contributed by atoms with Gasteiger partial charge in [-0.05, 0) is 24.3 Å². The molecule has 0 aliphatic heterocycles. The van der Waals surface area contributed by atoms with Crippen molar-refractivity contribution in [1.82, 2.24) is 0 Å². The van der Waals surface area contributed by atoms with E-state index in [0.29, 0.717) is 5.69 Å². The summed E-state index contributed by atoms with van der Waals surface area (Å²) in [5.41, 5.74) is 0.373. The minimum absolute atomic E-state index is 0. The van der Waals surface area contributed by atoms with Crippen LogP contribution in [-0.2, 0) is 19.6 Å². The van der Waals surface area contributed by atoms with Gasteiger partial charge in [-0.3, -0.25) is 9.59 Å². The van der Waals surface area contributed by atoms with Gasteiger partial charge in [0.15, 0.2) is 0 Å². The minimum atomic E-state index is -3.76. The Morgan fingerprint density at radius 2 is 1.68 bits per heavy atom. The molecule has 19 heavy (non-hydrogen) atoms. The number of nitrogens with one attached hydrogen (secondary N) is 1. The number of carbonyl (C=O) groups excluding carboxylic acids is 1. The molecule has 0 heterocycles. The third-order valence-corrected chi connectivity index (χ3v) is 2.96. The first-order chi connectivity index (χ1) is 8.29. The molecule has 0 fully saturated rings. The largest absolute Gasteiger partial charge is 1.00 e. The number of rotatable bonds is 5. The molecule has 0 saturated heterocycles. The Morgan fingerprint density at radius 1 is 1.16 bits per heavy atom. The summed E-state index contributed by atoms with van der Waals surface area (Å²) in [4.78, 5) is 21.5. The van der Waals surface area contributed by atoms with Crippen molar-refractivity contribution in [3.05, 3.63) is 24.3 Å². The average Bonchev–Trinajstić information content (AvgIpc) is 2.26. The van der Waals surface area contributed by atoms with Crippen LogP contribution in [0.3, 0.4) is 0 Å². The van der Waals surface area contributed by atoms with Gasteiger partial charge >= 0.3 is 35.5 Å². The van der Waals surface area contributed by atoms with Gasteiger partial charge < -0.3 is 10.4 Å². The molecule has 0 bridgehead atoms. The number of hydrogen-bond acceptors (Lipinski definition) is 4. The van der Waals surface area contributed by atoms with Crippen molar-refractivity contribution in [1.29, 1.82) is 0 Å². The van der Waals surface area contributed by atoms with E-state index in [4.69, 9.17) is 10.2 Å². The van der Waals surface area contributed by atoms with Crippen molar-refractivity contribution >= 4 is 27.6 Å². The van der Waals surface area contributed by atoms with Gasteiger partial charge in [-0.1, -0.05) is 0 Å². The van der Waals surface area contributed by atoms with Crippen LogP contribution in [0.1, 0.15) is 12.8 Å². The first-order valence-electron chi connectivity index (χ1n) is 4.93. The van der Waals surface area contributed by atoms with Gasteiger partial charge in [0, 0.05) is 12.1 Å². The summed E-state index contributed by atoms with van der Waals surface area (Å²) < 4.78 is 21.9. The molecule has 0 aromatic heterocycles. The number of carboxylic acids is 1. The van der Waals surface area contributed by atoms with Crippen LogP contribution in [-0.4, -0.2) is 25.4 Å². The van der Waals surface area contributed by atoms with E-state index < -0.39 is 21.9 Å². The fourth-order valence-corrected chi connectivity index (χ4v) is 1.69. The van der Waals surface area contributed by atoms with Crippen LogP contribution >= 0.6 is 0 Å². The molecule has 0 aliphatic rings. The maximum Gasteiger partial charge on any atom is 1.00 e. The number of nitrogens with two attached hydrogens (primary N) is 1. The molecule has 98 valence electrons. The van der Waals surface area contributed by atoms with E-state index in [0.717, 1.165) is 0 Å². The van der Waals surface area contributed by atoms with Crippen LogP contribution in [0.2, 0.25) is 0 Å². The number of hydrogen-bond donors (Lipinski definition) is 3. The van der Waals surface area contributed by atoms with Gasteiger partial charge in [-0.25, -0.2) is 13.6 Å². The van der Waals surface area contributed by atoms with Crippen LogP contribution < -0.4 is 40.0 Å². The molecular weight excluding hydrogens is 283 g/mol. The monoisotopic (exact) mass is 295 g/mol. The molecule has 0 aliphatic carbocycles. The van der Waals surface area contributed by atoms with E-state index in [1.807, 2.05) is 0 Å². The number of benzene rings is 1. The zero-order valence-electron chi connectivity index (χ0n) is 10.3. The Kier molecular flexibility index (Phi) is 7.24. The fraction of sp³-hybridized carbons (Fsp3) is 0.200. The maximum absolute atomic E-state index is 11.3. The van der Waals surface area contributed by atoms with Gasteiger partial charge in [-0.2, -0.15) is 0 Å². The molecule has 1 aromatic rings. The van der Waals surface area contributed by atoms with Gasteiger partial charge in [0.1, 0.15) is 0 Å². The molecule has 0 saturated carbocycles. The van der Waals surface area contributed by atoms with Crippen LogP contribution in [0.25, 0.3) is 0 Å². The topological polar surface area (TPSA) is 127 Å². The van der Waals surface area contributed by atoms with Crippen molar-refractivity contribution in [3.8, 4) is 0 Å². The number of primary sulfonamides is 1. The predicted molar refractivity (Wildman–Crippen MR) is 63.3 cm³/mol. The van der Waals surface area contributed by atoms with E-state index >= 15 is 0 Å². The molecule has 1 rings (SSSR count). The van der Waals surface area contributed by atoms with E-state index in [-0.39, 0.29) is 47.3 Å². The minimum Gasteiger partial charge on any atom is -0.481 e. The summed E-state index contributed by atoms with van der Waals surface area (Å²) in [5, 5.41) is 15.7. The average molecular weight is 295 g/mol. The van der Waals surface area contributed by atoms with Crippen LogP contribution in [0.5, 0.6) is 0 Å². The smallest absolute Gasteiger partial charge is 0.481 e. The van der Waals surface area contributed by atoms with Gasteiger partial charge in [0.05, 0.1) is 11.3 Å². The molecule has 1 aromatic carbocycles. The van der Waals surface area contributed by atoms with E-state index in [2.05, 4.69) is 5.32 Å². The van der Waals surface area contributed by atoms with Gasteiger partial charge in [0.25, 0.3) is 0 Å². The van der Waals surface area contributed by atoms with Gasteiger partial charge in [-0.15, -0.1) is 0 Å². The summed E-state index contributed by atoms with van der Waals surface area (Å²) in [6.07, 6.45) is -0.409. The summed E-state index contributed by atoms with van der Waals surface area (Å²) in [6.45, 7) is 0. The number of carboxylic acid groups (broad SMARTS) is 1. The maximum atomic E-state index is 11.3. The van der Waals surface area contributed by atoms with Crippen LogP contribution in [0.4, 0.5) is 5.69 Å².